The van der Waals surface area contributed by atoms with Gasteiger partial charge in [0, 0.05) is 24.5 Å². The van der Waals surface area contributed by atoms with Gasteiger partial charge in [0.05, 0.1) is 23.4 Å². The Balaban J connectivity index is 1.78. The van der Waals surface area contributed by atoms with Gasteiger partial charge in [-0.3, -0.25) is 9.88 Å². The summed E-state index contributed by atoms with van der Waals surface area (Å²) in [7, 11) is 0. The molecule has 0 aliphatic carbocycles. The van der Waals surface area contributed by atoms with Crippen LogP contribution in [0.5, 0.6) is 0 Å². The fraction of sp³-hybridized carbons (Fsp3) is 0.350. The number of ether oxygens (including phenoxy) is 1. The van der Waals surface area contributed by atoms with Crippen molar-refractivity contribution >= 4 is 16.9 Å². The Labute approximate surface area is 152 Å². The first kappa shape index (κ1) is 16.6. The molecule has 1 amide bonds. The number of H-pyrrole nitrogens is 1. The summed E-state index contributed by atoms with van der Waals surface area (Å²) in [5.74, 6) is 0. The molecule has 1 aliphatic rings. The normalized spacial score (nSPS) is 17.2. The molecule has 4 rings (SSSR count). The van der Waals surface area contributed by atoms with Gasteiger partial charge in [0.15, 0.2) is 0 Å². The summed E-state index contributed by atoms with van der Waals surface area (Å²) >= 11 is 0. The number of pyridine rings is 1. The number of hydrogen-bond acceptors (Lipinski definition) is 4. The summed E-state index contributed by atoms with van der Waals surface area (Å²) in [5, 5.41) is 2.16. The van der Waals surface area contributed by atoms with Crippen molar-refractivity contribution in [1.82, 2.24) is 19.9 Å². The van der Waals surface area contributed by atoms with Gasteiger partial charge in [-0.05, 0) is 32.2 Å². The Hall–Kier alpha value is -2.89. The number of carbonyl (C=O) groups excluding carboxylic acids is 1. The number of carbonyl (C=O) groups is 1. The molecule has 3 aromatic rings. The largest absolute Gasteiger partial charge is 0.444 e. The van der Waals surface area contributed by atoms with E-state index in [2.05, 4.69) is 21.0 Å². The van der Waals surface area contributed by atoms with Crippen LogP contribution in [0.3, 0.4) is 0 Å². The van der Waals surface area contributed by atoms with Crippen LogP contribution in [-0.2, 0) is 11.2 Å². The lowest BCUT2D eigenvalue weighted by molar-refractivity contribution is 0.0170. The van der Waals surface area contributed by atoms with Gasteiger partial charge in [-0.25, -0.2) is 9.78 Å². The summed E-state index contributed by atoms with van der Waals surface area (Å²) in [6.07, 6.45) is 3.89. The summed E-state index contributed by atoms with van der Waals surface area (Å²) < 4.78 is 5.63. The Kier molecular flexibility index (Phi) is 3.90. The summed E-state index contributed by atoms with van der Waals surface area (Å²) in [6.45, 7) is 6.17. The second-order valence-corrected chi connectivity index (χ2v) is 7.55. The van der Waals surface area contributed by atoms with Gasteiger partial charge in [0.2, 0.25) is 0 Å². The summed E-state index contributed by atoms with van der Waals surface area (Å²) in [4.78, 5) is 26.8. The molecule has 1 aliphatic heterocycles. The van der Waals surface area contributed by atoms with Gasteiger partial charge in [0.1, 0.15) is 11.6 Å². The third kappa shape index (κ3) is 3.03. The van der Waals surface area contributed by atoms with E-state index in [4.69, 9.17) is 4.74 Å². The van der Waals surface area contributed by atoms with E-state index in [1.54, 1.807) is 11.2 Å². The number of benzene rings is 1. The maximum Gasteiger partial charge on any atom is 0.411 e. The molecule has 134 valence electrons. The van der Waals surface area contributed by atoms with Crippen LogP contribution in [0, 0.1) is 0 Å². The van der Waals surface area contributed by atoms with Crippen LogP contribution in [0.1, 0.15) is 43.9 Å². The maximum absolute atomic E-state index is 12.8. The predicted octanol–water partition coefficient (Wildman–Crippen LogP) is 3.84. The topological polar surface area (TPSA) is 71.1 Å². The standard InChI is InChI=1S/C20H22N4O2/c1-20(2,3)26-19(25)24-9-8-15-17(23-12-22-15)18(24)16-10-13-6-4-5-7-14(13)11-21-16/h4-7,10-12,18H,8-9H2,1-3H3,(H,22,23)/t18-/m1/s1. The van der Waals surface area contributed by atoms with E-state index in [9.17, 15) is 4.79 Å². The first-order valence-corrected chi connectivity index (χ1v) is 8.79. The molecule has 3 heterocycles. The molecule has 2 aromatic heterocycles. The number of nitrogens with zero attached hydrogens (tertiary/aromatic N) is 3. The second kappa shape index (κ2) is 6.12. The molecule has 0 unspecified atom stereocenters. The fourth-order valence-electron chi connectivity index (χ4n) is 3.35. The van der Waals surface area contributed by atoms with E-state index in [0.29, 0.717) is 13.0 Å². The zero-order chi connectivity index (χ0) is 18.3. The van der Waals surface area contributed by atoms with Gasteiger partial charge < -0.3 is 9.72 Å². The number of hydrogen-bond donors (Lipinski definition) is 1. The number of amides is 1. The van der Waals surface area contributed by atoms with Crippen molar-refractivity contribution in [3.8, 4) is 0 Å². The SMILES string of the molecule is CC(C)(C)OC(=O)N1CCc2nc[nH]c2[C@H]1c1cc2ccccc2cn1. The highest BCUT2D eigenvalue weighted by Crippen LogP contribution is 2.34. The van der Waals surface area contributed by atoms with Crippen LogP contribution in [0.4, 0.5) is 4.79 Å². The first-order valence-electron chi connectivity index (χ1n) is 8.79. The van der Waals surface area contributed by atoms with E-state index < -0.39 is 5.60 Å². The Morgan fingerprint density at radius 2 is 2.00 bits per heavy atom. The van der Waals surface area contributed by atoms with Crippen molar-refractivity contribution in [2.24, 2.45) is 0 Å². The highest BCUT2D eigenvalue weighted by atomic mass is 16.6. The highest BCUT2D eigenvalue weighted by molar-refractivity contribution is 5.82. The lowest BCUT2D eigenvalue weighted by Crippen LogP contribution is -2.43. The molecular formula is C20H22N4O2. The molecule has 0 radical (unpaired) electrons. The molecule has 0 spiro atoms. The molecule has 0 saturated carbocycles. The fourth-order valence-corrected chi connectivity index (χ4v) is 3.35. The molecule has 6 heteroatoms. The van der Waals surface area contributed by atoms with Gasteiger partial charge in [-0.2, -0.15) is 0 Å². The van der Waals surface area contributed by atoms with Crippen LogP contribution in [0.15, 0.2) is 42.9 Å². The van der Waals surface area contributed by atoms with Crippen molar-refractivity contribution in [3.63, 3.8) is 0 Å². The average Bonchev–Trinajstić information content (AvgIpc) is 3.07. The quantitative estimate of drug-likeness (QED) is 0.724. The van der Waals surface area contributed by atoms with Gasteiger partial charge in [-0.15, -0.1) is 0 Å². The van der Waals surface area contributed by atoms with Crippen LogP contribution >= 0.6 is 0 Å². The van der Waals surface area contributed by atoms with Crippen molar-refractivity contribution in [1.29, 1.82) is 0 Å². The monoisotopic (exact) mass is 350 g/mol. The molecule has 1 aromatic carbocycles. The molecule has 0 saturated heterocycles. The van der Waals surface area contributed by atoms with E-state index in [0.717, 1.165) is 27.9 Å². The molecule has 26 heavy (non-hydrogen) atoms. The van der Waals surface area contributed by atoms with Gasteiger partial charge in [-0.1, -0.05) is 24.3 Å². The number of imidazole rings is 1. The minimum absolute atomic E-state index is 0.333. The van der Waals surface area contributed by atoms with Gasteiger partial charge >= 0.3 is 6.09 Å². The molecule has 1 N–H and O–H groups in total. The van der Waals surface area contributed by atoms with Crippen LogP contribution in [0.25, 0.3) is 10.8 Å². The van der Waals surface area contributed by atoms with Crippen LogP contribution in [-0.4, -0.2) is 38.1 Å². The van der Waals surface area contributed by atoms with Crippen LogP contribution in [0.2, 0.25) is 0 Å². The van der Waals surface area contributed by atoms with Crippen LogP contribution < -0.4 is 0 Å². The predicted molar refractivity (Wildman–Crippen MR) is 98.8 cm³/mol. The zero-order valence-electron chi connectivity index (χ0n) is 15.2. The number of aromatic amines is 1. The minimum atomic E-state index is -0.549. The molecule has 6 nitrogen and oxygen atoms in total. The van der Waals surface area contributed by atoms with E-state index in [1.807, 2.05) is 51.2 Å². The smallest absolute Gasteiger partial charge is 0.411 e. The molecule has 1 atom stereocenters. The Bertz CT molecular complexity index is 958. The lowest BCUT2D eigenvalue weighted by Gasteiger charge is -2.36. The summed E-state index contributed by atoms with van der Waals surface area (Å²) in [6, 6.07) is 9.77. The first-order chi connectivity index (χ1) is 12.4. The van der Waals surface area contributed by atoms with Crippen molar-refractivity contribution < 1.29 is 9.53 Å². The lowest BCUT2D eigenvalue weighted by atomic mass is 9.98. The zero-order valence-corrected chi connectivity index (χ0v) is 15.2. The van der Waals surface area contributed by atoms with E-state index >= 15 is 0 Å². The Morgan fingerprint density at radius 3 is 2.77 bits per heavy atom. The number of rotatable bonds is 1. The second-order valence-electron chi connectivity index (χ2n) is 7.55. The average molecular weight is 350 g/mol. The van der Waals surface area contributed by atoms with Crippen molar-refractivity contribution in [2.75, 3.05) is 6.54 Å². The minimum Gasteiger partial charge on any atom is -0.444 e. The molecule has 0 bridgehead atoms. The summed E-state index contributed by atoms with van der Waals surface area (Å²) in [5.41, 5.74) is 2.14. The number of nitrogens with one attached hydrogen (secondary N) is 1. The highest BCUT2D eigenvalue weighted by Gasteiger charge is 2.37. The van der Waals surface area contributed by atoms with Crippen molar-refractivity contribution in [2.45, 2.75) is 38.8 Å². The van der Waals surface area contributed by atoms with Gasteiger partial charge in [0.25, 0.3) is 0 Å². The molecule has 0 fully saturated rings. The van der Waals surface area contributed by atoms with E-state index in [1.165, 1.54) is 0 Å². The van der Waals surface area contributed by atoms with E-state index in [-0.39, 0.29) is 12.1 Å². The Morgan fingerprint density at radius 1 is 1.23 bits per heavy atom. The third-order valence-electron chi connectivity index (χ3n) is 4.49. The third-order valence-corrected chi connectivity index (χ3v) is 4.49. The number of aromatic nitrogens is 3. The molecular weight excluding hydrogens is 328 g/mol. The maximum atomic E-state index is 12.8. The number of fused-ring (bicyclic) bond motifs is 2. The van der Waals surface area contributed by atoms with Crippen molar-refractivity contribution in [3.05, 3.63) is 59.9 Å².